The second kappa shape index (κ2) is 29.2. The maximum absolute atomic E-state index is 4.29. The molecular weight excluding hydrogens is 995 g/mol. The summed E-state index contributed by atoms with van der Waals surface area (Å²) in [4.78, 5) is 1.27. The fourth-order valence-corrected chi connectivity index (χ4v) is 11.4. The Morgan fingerprint density at radius 2 is 1.19 bits per heavy atom. The van der Waals surface area contributed by atoms with E-state index in [0.717, 1.165) is 24.0 Å². The molecule has 0 amide bonds. The van der Waals surface area contributed by atoms with Gasteiger partial charge in [-0.25, -0.2) is 0 Å². The molecule has 10 rings (SSSR count). The molecule has 0 atom stereocenters. The molecule has 0 saturated heterocycles. The van der Waals surface area contributed by atoms with Crippen molar-refractivity contribution in [2.45, 2.75) is 93.9 Å². The van der Waals surface area contributed by atoms with Crippen LogP contribution in [0.2, 0.25) is 0 Å². The summed E-state index contributed by atoms with van der Waals surface area (Å²) >= 11 is 1.73. The van der Waals surface area contributed by atoms with E-state index in [2.05, 4.69) is 293 Å². The molecule has 2 heterocycles. The first-order chi connectivity index (χ1) is 39.1. The summed E-state index contributed by atoms with van der Waals surface area (Å²) in [6, 6.07) is 62.7. The van der Waals surface area contributed by atoms with E-state index in [1.54, 1.807) is 11.8 Å². The van der Waals surface area contributed by atoms with Crippen molar-refractivity contribution in [1.82, 2.24) is 4.57 Å². The van der Waals surface area contributed by atoms with Gasteiger partial charge in [0, 0.05) is 21.5 Å². The van der Waals surface area contributed by atoms with Crippen LogP contribution in [0, 0.1) is 41.5 Å². The largest absolute Gasteiger partial charge is 0.309 e. The SMILES string of the molecule is C=C(/C=C(/C)C=C(C)C)c1ccc(C)c(-c2ccccc2CCC)c1.C=C1/C=C\C=C/Sc2ccccc21.C=Cc1c(/C=C\C)n(-c2ccc(C)cc2)c2ccccc12.Cc1ccccc1-c1ccc(C)c(-c2ccccc2C)c1C. The number of allylic oxidation sites excluding steroid dienone is 10. The highest BCUT2D eigenvalue weighted by Crippen LogP contribution is 2.38. The highest BCUT2D eigenvalue weighted by atomic mass is 32.2. The molecule has 0 unspecified atom stereocenters. The van der Waals surface area contributed by atoms with Gasteiger partial charge in [0.25, 0.3) is 0 Å². The Morgan fingerprint density at radius 1 is 0.580 bits per heavy atom. The Labute approximate surface area is 490 Å². The zero-order valence-electron chi connectivity index (χ0n) is 49.8. The van der Waals surface area contributed by atoms with Crippen LogP contribution in [0.25, 0.3) is 73.3 Å². The van der Waals surface area contributed by atoms with Crippen LogP contribution in [-0.4, -0.2) is 4.57 Å². The molecule has 0 spiro atoms. The van der Waals surface area contributed by atoms with E-state index in [-0.39, 0.29) is 0 Å². The molecule has 2 heteroatoms. The lowest BCUT2D eigenvalue weighted by Gasteiger charge is -2.17. The third-order valence-corrected chi connectivity index (χ3v) is 15.5. The second-order valence-corrected chi connectivity index (χ2v) is 22.1. The monoisotopic (exact) mass is 1080 g/mol. The van der Waals surface area contributed by atoms with Crippen molar-refractivity contribution in [2.24, 2.45) is 0 Å². The molecule has 0 saturated carbocycles. The summed E-state index contributed by atoms with van der Waals surface area (Å²) in [5.41, 5.74) is 29.2. The van der Waals surface area contributed by atoms with Crippen molar-refractivity contribution >= 4 is 46.0 Å². The Kier molecular flexibility index (Phi) is 21.7. The Hall–Kier alpha value is -8.43. The smallest absolute Gasteiger partial charge is 0.0541 e. The third-order valence-electron chi connectivity index (χ3n) is 14.6. The lowest BCUT2D eigenvalue weighted by molar-refractivity contribution is 0.923. The zero-order chi connectivity index (χ0) is 58.0. The minimum atomic E-state index is 1.06. The average molecular weight is 1080 g/mol. The first-order valence-electron chi connectivity index (χ1n) is 28.3. The van der Waals surface area contributed by atoms with Crippen LogP contribution in [-0.2, 0) is 6.42 Å². The summed E-state index contributed by atoms with van der Waals surface area (Å²) in [5, 5.41) is 3.32. The van der Waals surface area contributed by atoms with Gasteiger partial charge >= 0.3 is 0 Å². The van der Waals surface area contributed by atoms with E-state index in [1.165, 1.54) is 127 Å². The van der Waals surface area contributed by atoms with E-state index in [0.29, 0.717) is 0 Å². The van der Waals surface area contributed by atoms with Crippen molar-refractivity contribution in [1.29, 1.82) is 0 Å². The van der Waals surface area contributed by atoms with Crippen LogP contribution < -0.4 is 0 Å². The Bertz CT molecular complexity index is 3830. The van der Waals surface area contributed by atoms with Gasteiger partial charge in [-0.2, -0.15) is 0 Å². The quantitative estimate of drug-likeness (QED) is 0.117. The van der Waals surface area contributed by atoms with Gasteiger partial charge in [-0.3, -0.25) is 0 Å². The number of aromatic nitrogens is 1. The summed E-state index contributed by atoms with van der Waals surface area (Å²) in [6.45, 7) is 36.1. The number of fused-ring (bicyclic) bond motifs is 2. The van der Waals surface area contributed by atoms with Gasteiger partial charge in [0.05, 0.1) is 11.2 Å². The minimum Gasteiger partial charge on any atom is -0.309 e. The number of hydrogen-bond acceptors (Lipinski definition) is 1. The number of aryl methyl sites for hydroxylation is 6. The number of nitrogens with zero attached hydrogens (tertiary/aromatic N) is 1. The van der Waals surface area contributed by atoms with Gasteiger partial charge in [-0.1, -0.05) is 250 Å². The van der Waals surface area contributed by atoms with E-state index in [1.807, 2.05) is 37.3 Å². The number of thioether (sulfide) groups is 1. The maximum Gasteiger partial charge on any atom is 0.0541 e. The topological polar surface area (TPSA) is 4.93 Å². The second-order valence-electron chi connectivity index (χ2n) is 21.2. The van der Waals surface area contributed by atoms with E-state index >= 15 is 0 Å². The fourth-order valence-electron chi connectivity index (χ4n) is 10.6. The summed E-state index contributed by atoms with van der Waals surface area (Å²) in [5.74, 6) is 0. The summed E-state index contributed by atoms with van der Waals surface area (Å²) in [7, 11) is 0. The van der Waals surface area contributed by atoms with Gasteiger partial charge in [0.15, 0.2) is 0 Å². The van der Waals surface area contributed by atoms with Crippen molar-refractivity contribution in [3.63, 3.8) is 0 Å². The zero-order valence-corrected chi connectivity index (χ0v) is 50.6. The van der Waals surface area contributed by atoms with E-state index in [9.17, 15) is 0 Å². The molecule has 9 aromatic rings. The first kappa shape index (κ1) is 60.2. The first-order valence-corrected chi connectivity index (χ1v) is 29.2. The standard InChI is InChI=1S/C25H30.C22H22.C20H19N.C12H10S/c1-7-10-22-11-8-9-12-24(22)25-17-23(14-13-20(25)5)21(6)16-19(4)15-18(2)3;1-15-9-5-7-11-19(15)21-14-13-17(3)22(18(21)4)20-12-8-6-10-16(20)2;1-4-8-19-17(5-2)18-9-6-7-10-20(18)21(19)16-13-11-15(3)12-14-16;1-10-6-4-5-9-13-12-8-3-2-7-11(10)12/h8-9,11-17H,6-7,10H2,1-5H3;5-14H,1-4H3;4-14H,2H2,1,3H3;2-9H,1H2/b19-16-;;8-4-;6-4-,9-5-. The number of benzene rings is 8. The molecule has 1 aliphatic heterocycles. The predicted molar refractivity (Wildman–Crippen MR) is 362 cm³/mol. The highest BCUT2D eigenvalue weighted by Gasteiger charge is 2.16. The van der Waals surface area contributed by atoms with Gasteiger partial charge in [-0.05, 0) is 207 Å². The van der Waals surface area contributed by atoms with E-state index < -0.39 is 0 Å². The Balaban J connectivity index is 0.000000159. The molecular formula is C79H81NS. The van der Waals surface area contributed by atoms with Crippen LogP contribution in [0.5, 0.6) is 0 Å². The molecule has 0 radical (unpaired) electrons. The number of rotatable bonds is 11. The molecule has 1 nitrogen and oxygen atoms in total. The van der Waals surface area contributed by atoms with Crippen molar-refractivity contribution in [3.05, 3.63) is 310 Å². The van der Waals surface area contributed by atoms with Gasteiger partial charge < -0.3 is 4.57 Å². The van der Waals surface area contributed by atoms with Crippen LogP contribution >= 0.6 is 11.8 Å². The molecule has 0 bridgehead atoms. The lowest BCUT2D eigenvalue weighted by atomic mass is 9.87. The molecule has 1 aliphatic rings. The van der Waals surface area contributed by atoms with Crippen LogP contribution in [0.4, 0.5) is 0 Å². The predicted octanol–water partition coefficient (Wildman–Crippen LogP) is 23.3. The minimum absolute atomic E-state index is 1.06. The fraction of sp³-hybridized carbons (Fsp3) is 0.165. The summed E-state index contributed by atoms with van der Waals surface area (Å²) in [6.07, 6.45) is 18.9. The van der Waals surface area contributed by atoms with E-state index in [4.69, 9.17) is 0 Å². The molecule has 0 aliphatic carbocycles. The molecule has 81 heavy (non-hydrogen) atoms. The van der Waals surface area contributed by atoms with Crippen LogP contribution in [0.3, 0.4) is 0 Å². The lowest BCUT2D eigenvalue weighted by Crippen LogP contribution is -1.96. The normalized spacial score (nSPS) is 12.5. The Morgan fingerprint density at radius 3 is 1.85 bits per heavy atom. The third kappa shape index (κ3) is 15.3. The van der Waals surface area contributed by atoms with Crippen LogP contribution in [0.15, 0.2) is 254 Å². The molecule has 1 aromatic heterocycles. The maximum atomic E-state index is 4.29. The van der Waals surface area contributed by atoms with Crippen molar-refractivity contribution in [2.75, 3.05) is 0 Å². The highest BCUT2D eigenvalue weighted by molar-refractivity contribution is 8.02. The van der Waals surface area contributed by atoms with Gasteiger partial charge in [-0.15, -0.1) is 0 Å². The van der Waals surface area contributed by atoms with Crippen molar-refractivity contribution in [3.8, 4) is 39.1 Å². The molecule has 0 fully saturated rings. The number of hydrogen-bond donors (Lipinski definition) is 0. The van der Waals surface area contributed by atoms with Gasteiger partial charge in [0.1, 0.15) is 0 Å². The molecule has 408 valence electrons. The molecule has 8 aromatic carbocycles. The molecule has 0 N–H and O–H groups in total. The van der Waals surface area contributed by atoms with Crippen LogP contribution in [0.1, 0.15) is 102 Å². The average Bonchev–Trinajstić information content (AvgIpc) is 4.07. The summed E-state index contributed by atoms with van der Waals surface area (Å²) < 4.78 is 2.30. The van der Waals surface area contributed by atoms with Gasteiger partial charge in [0.2, 0.25) is 0 Å². The number of para-hydroxylation sites is 1. The van der Waals surface area contributed by atoms with Crippen molar-refractivity contribution < 1.29 is 0 Å².